The van der Waals surface area contributed by atoms with Crippen molar-refractivity contribution in [2.75, 3.05) is 33.0 Å². The van der Waals surface area contributed by atoms with Crippen LogP contribution in [0.5, 0.6) is 0 Å². The third kappa shape index (κ3) is 19.7. The Morgan fingerprint density at radius 3 is 1.68 bits per heavy atom. The minimum Gasteiger partial charge on any atom is -0.396 e. The van der Waals surface area contributed by atoms with Gasteiger partial charge in [0.1, 0.15) is 24.4 Å². The van der Waals surface area contributed by atoms with Crippen molar-refractivity contribution in [2.24, 2.45) is 5.92 Å². The highest BCUT2D eigenvalue weighted by Gasteiger charge is 2.33. The average Bonchev–Trinajstić information content (AvgIpc) is 3.04. The van der Waals surface area contributed by atoms with Crippen molar-refractivity contribution < 1.29 is 74.9 Å². The summed E-state index contributed by atoms with van der Waals surface area (Å²) in [5, 5.41) is 102. The van der Waals surface area contributed by atoms with Crippen LogP contribution in [0.1, 0.15) is 78.1 Å². The zero-order valence-electron chi connectivity index (χ0n) is 27.4. The lowest BCUT2D eigenvalue weighted by atomic mass is 9.97. The molecule has 17 nitrogen and oxygen atoms in total. The van der Waals surface area contributed by atoms with Crippen molar-refractivity contribution in [3.05, 3.63) is 0 Å². The van der Waals surface area contributed by atoms with E-state index in [1.165, 1.54) is 13.8 Å². The van der Waals surface area contributed by atoms with Crippen LogP contribution in [-0.2, 0) is 23.9 Å². The summed E-state index contributed by atoms with van der Waals surface area (Å²) in [6.07, 6.45) is -10.3. The molecule has 0 saturated heterocycles. The van der Waals surface area contributed by atoms with Crippen molar-refractivity contribution in [2.45, 2.75) is 133 Å². The van der Waals surface area contributed by atoms with Crippen LogP contribution in [0.15, 0.2) is 0 Å². The molecule has 10 atom stereocenters. The number of ketones is 1. The summed E-state index contributed by atoms with van der Waals surface area (Å²) in [5.74, 6) is -1.50. The number of carbonyl (C=O) groups is 3. The molecule has 0 fully saturated rings. The van der Waals surface area contributed by atoms with Crippen LogP contribution < -0.4 is 10.6 Å². The number of nitrogens with one attached hydrogen (secondary N) is 2. The number of aliphatic hydroxyl groups is 10. The number of carbonyl (C=O) groups excluding carboxylic acids is 3. The molecular weight excluding hydrogens is 628 g/mol. The molecule has 0 aliphatic heterocycles. The summed E-state index contributed by atoms with van der Waals surface area (Å²) in [5.41, 5.74) is 0. The van der Waals surface area contributed by atoms with Gasteiger partial charge in [-0.25, -0.2) is 0 Å². The van der Waals surface area contributed by atoms with E-state index in [1.54, 1.807) is 0 Å². The summed E-state index contributed by atoms with van der Waals surface area (Å²) in [6.45, 7) is 2.31. The maximum Gasteiger partial charge on any atom is 0.220 e. The summed E-state index contributed by atoms with van der Waals surface area (Å²) >= 11 is 0. The first kappa shape index (κ1) is 45.1. The average molecular weight is 687 g/mol. The van der Waals surface area contributed by atoms with Gasteiger partial charge in [-0.2, -0.15) is 0 Å². The first-order chi connectivity index (χ1) is 22.2. The Morgan fingerprint density at radius 1 is 0.638 bits per heavy atom. The van der Waals surface area contributed by atoms with Crippen molar-refractivity contribution in [1.29, 1.82) is 0 Å². The molecule has 0 aromatic carbocycles. The van der Waals surface area contributed by atoms with Crippen molar-refractivity contribution in [3.8, 4) is 0 Å². The van der Waals surface area contributed by atoms with Gasteiger partial charge in [0.05, 0.1) is 18.2 Å². The van der Waals surface area contributed by atoms with E-state index >= 15 is 0 Å². The fourth-order valence-electron chi connectivity index (χ4n) is 4.33. The number of Topliss-reactive ketones (excluding diaryl/α,β-unsaturated/α-hetero) is 1. The van der Waals surface area contributed by atoms with E-state index in [1.807, 2.05) is 0 Å². The van der Waals surface area contributed by atoms with E-state index < -0.39 is 74.4 Å². The fourth-order valence-corrected chi connectivity index (χ4v) is 4.33. The summed E-state index contributed by atoms with van der Waals surface area (Å²) in [6, 6.07) is -0.687. The number of aliphatic hydroxyl groups excluding tert-OH is 10. The molecule has 2 amide bonds. The third-order valence-corrected chi connectivity index (χ3v) is 7.57. The Balaban J connectivity index is 4.11. The lowest BCUT2D eigenvalue weighted by Gasteiger charge is -2.28. The SMILES string of the molecule is CC(=O)[C@H](CCCCNC(=O)CCCCOC(O)C(O)C(O)C(O)CCO)NC(=O)CCCCOC(O)C(O)C(O)C(O)C(C)CO. The molecule has 278 valence electrons. The second-order valence-electron chi connectivity index (χ2n) is 11.7. The van der Waals surface area contributed by atoms with Gasteiger partial charge in [0.15, 0.2) is 18.4 Å². The van der Waals surface area contributed by atoms with Gasteiger partial charge in [-0.3, -0.25) is 14.4 Å². The molecule has 12 N–H and O–H groups in total. The zero-order chi connectivity index (χ0) is 35.9. The largest absolute Gasteiger partial charge is 0.396 e. The molecule has 0 aliphatic rings. The zero-order valence-corrected chi connectivity index (χ0v) is 27.4. The maximum absolute atomic E-state index is 12.3. The number of unbranched alkanes of at least 4 members (excludes halogenated alkanes) is 3. The molecule has 17 heteroatoms. The Kier molecular flexibility index (Phi) is 25.0. The smallest absolute Gasteiger partial charge is 0.220 e. The van der Waals surface area contributed by atoms with Gasteiger partial charge in [0, 0.05) is 51.7 Å². The highest BCUT2D eigenvalue weighted by Crippen LogP contribution is 2.14. The van der Waals surface area contributed by atoms with E-state index in [9.17, 15) is 55.2 Å². The Morgan fingerprint density at radius 2 is 1.17 bits per heavy atom. The minimum absolute atomic E-state index is 0.00349. The summed E-state index contributed by atoms with van der Waals surface area (Å²) in [4.78, 5) is 36.3. The van der Waals surface area contributed by atoms with Gasteiger partial charge in [0.2, 0.25) is 11.8 Å². The lowest BCUT2D eigenvalue weighted by molar-refractivity contribution is -0.207. The molecule has 0 aliphatic carbocycles. The van der Waals surface area contributed by atoms with E-state index in [0.717, 1.165) is 0 Å². The van der Waals surface area contributed by atoms with Gasteiger partial charge in [-0.1, -0.05) is 6.92 Å². The number of ether oxygens (including phenoxy) is 2. The molecule has 0 spiro atoms. The van der Waals surface area contributed by atoms with Crippen LogP contribution in [0, 0.1) is 5.92 Å². The van der Waals surface area contributed by atoms with Crippen molar-refractivity contribution in [3.63, 3.8) is 0 Å². The minimum atomic E-state index is -1.80. The second-order valence-corrected chi connectivity index (χ2v) is 11.7. The number of hydrogen-bond acceptors (Lipinski definition) is 15. The Bertz CT molecular complexity index is 854. The Hall–Kier alpha value is -1.87. The van der Waals surface area contributed by atoms with Crippen LogP contribution in [0.4, 0.5) is 0 Å². The molecule has 0 bridgehead atoms. The standard InChI is InChI=1S/C30H58N2O15/c1-18(17-34)24(39)26(41)28(43)30(45)47-16-8-5-11-23(38)32-20(19(2)35)9-3-6-13-31-22(37)10-4-7-15-46-29(44)27(42)25(40)21(36)12-14-33/h18,20-21,24-30,33-34,36,39-45H,3-17H2,1-2H3,(H,31,37)(H,32,38)/t18?,20-,21?,24?,25?,26?,27?,28?,29?,30?/m0/s1. The molecule has 0 heterocycles. The van der Waals surface area contributed by atoms with Gasteiger partial charge >= 0.3 is 0 Å². The van der Waals surface area contributed by atoms with Gasteiger partial charge < -0.3 is 71.2 Å². The normalized spacial score (nSPS) is 18.2. The molecule has 0 rings (SSSR count). The first-order valence-electron chi connectivity index (χ1n) is 16.1. The Labute approximate surface area is 275 Å². The quantitative estimate of drug-likeness (QED) is 0.0269. The highest BCUT2D eigenvalue weighted by atomic mass is 16.6. The third-order valence-electron chi connectivity index (χ3n) is 7.57. The van der Waals surface area contributed by atoms with Crippen LogP contribution in [0.2, 0.25) is 0 Å². The monoisotopic (exact) mass is 686 g/mol. The fraction of sp³-hybridized carbons (Fsp3) is 0.900. The molecule has 9 unspecified atom stereocenters. The van der Waals surface area contributed by atoms with Crippen LogP contribution in [0.25, 0.3) is 0 Å². The lowest BCUT2D eigenvalue weighted by Crippen LogP contribution is -2.48. The predicted octanol–water partition coefficient (Wildman–Crippen LogP) is -3.47. The van der Waals surface area contributed by atoms with Gasteiger partial charge in [-0.05, 0) is 58.3 Å². The molecule has 0 radical (unpaired) electrons. The predicted molar refractivity (Wildman–Crippen MR) is 165 cm³/mol. The van der Waals surface area contributed by atoms with Crippen LogP contribution in [-0.4, -0.2) is 157 Å². The first-order valence-corrected chi connectivity index (χ1v) is 16.1. The summed E-state index contributed by atoms with van der Waals surface area (Å²) in [7, 11) is 0. The number of rotatable bonds is 29. The van der Waals surface area contributed by atoms with Crippen molar-refractivity contribution in [1.82, 2.24) is 10.6 Å². The van der Waals surface area contributed by atoms with E-state index in [-0.39, 0.29) is 50.1 Å². The molecule has 0 aromatic heterocycles. The van der Waals surface area contributed by atoms with E-state index in [0.29, 0.717) is 51.5 Å². The van der Waals surface area contributed by atoms with E-state index in [2.05, 4.69) is 10.6 Å². The second kappa shape index (κ2) is 26.1. The number of hydrogen-bond donors (Lipinski definition) is 12. The number of amides is 2. The van der Waals surface area contributed by atoms with Crippen LogP contribution in [0.3, 0.4) is 0 Å². The maximum atomic E-state index is 12.3. The van der Waals surface area contributed by atoms with Crippen LogP contribution >= 0.6 is 0 Å². The van der Waals surface area contributed by atoms with E-state index in [4.69, 9.17) is 19.7 Å². The molecular formula is C30H58N2O15. The van der Waals surface area contributed by atoms with Crippen molar-refractivity contribution >= 4 is 17.6 Å². The topological polar surface area (TPSA) is 296 Å². The molecule has 47 heavy (non-hydrogen) atoms. The molecule has 0 aromatic rings. The highest BCUT2D eigenvalue weighted by molar-refractivity contribution is 5.87. The van der Waals surface area contributed by atoms with Gasteiger partial charge in [-0.15, -0.1) is 0 Å². The molecule has 0 saturated carbocycles. The summed E-state index contributed by atoms with van der Waals surface area (Å²) < 4.78 is 10.1. The van der Waals surface area contributed by atoms with Gasteiger partial charge in [0.25, 0.3) is 0 Å².